The zero-order chi connectivity index (χ0) is 16.9. The predicted molar refractivity (Wildman–Crippen MR) is 96.3 cm³/mol. The Kier molecular flexibility index (Phi) is 3.23. The van der Waals surface area contributed by atoms with Crippen LogP contribution in [0.3, 0.4) is 0 Å². The molecule has 0 fully saturated rings. The van der Waals surface area contributed by atoms with Crippen molar-refractivity contribution >= 4 is 46.4 Å². The van der Waals surface area contributed by atoms with Crippen LogP contribution in [0.1, 0.15) is 0 Å². The molecule has 0 heterocycles. The molecule has 4 aromatic carbocycles. The molecule has 0 aliphatic rings. The third-order valence-corrected chi connectivity index (χ3v) is 5.22. The summed E-state index contributed by atoms with van der Waals surface area (Å²) in [6.45, 7) is 1.28. The molecule has 0 bridgehead atoms. The molecule has 2 N–H and O–H groups in total. The monoisotopic (exact) mass is 342 g/mol. The van der Waals surface area contributed by atoms with E-state index in [0.29, 0.717) is 5.75 Å². The van der Waals surface area contributed by atoms with Gasteiger partial charge in [-0.2, -0.15) is 0 Å². The van der Waals surface area contributed by atoms with Crippen LogP contribution in [-0.2, 0) is 4.52 Å². The van der Waals surface area contributed by atoms with Gasteiger partial charge in [0.25, 0.3) is 0 Å². The fourth-order valence-corrected chi connectivity index (χ4v) is 4.14. The zero-order valence-corrected chi connectivity index (χ0v) is 13.8. The molecule has 4 aromatic rings. The maximum atomic E-state index is 10.7. The second-order valence-electron chi connectivity index (χ2n) is 5.79. The summed E-state index contributed by atoms with van der Waals surface area (Å²) >= 11 is 0. The standard InChI is InChI=1S/C18H15O5P/c1-24(21,23-18(19)20)22-15-10-8-13-6-5-11-3-2-4-12-7-9-14(15)17(13)16(11)12/h2-10,21,24H,1H3,(H,19,20). The maximum absolute atomic E-state index is 10.7. The summed E-state index contributed by atoms with van der Waals surface area (Å²) in [6.07, 6.45) is -1.55. The molecule has 0 amide bonds. The van der Waals surface area contributed by atoms with E-state index < -0.39 is 14.1 Å². The van der Waals surface area contributed by atoms with Crippen molar-refractivity contribution in [1.29, 1.82) is 0 Å². The number of benzene rings is 4. The normalized spacial score (nSPS) is 12.8. The first kappa shape index (κ1) is 14.9. The molecule has 0 saturated carbocycles. The van der Waals surface area contributed by atoms with Crippen molar-refractivity contribution in [1.82, 2.24) is 0 Å². The van der Waals surface area contributed by atoms with Crippen LogP contribution in [0.5, 0.6) is 5.75 Å². The van der Waals surface area contributed by atoms with Crippen LogP contribution in [0.4, 0.5) is 4.79 Å². The van der Waals surface area contributed by atoms with Gasteiger partial charge in [-0.15, -0.1) is 0 Å². The van der Waals surface area contributed by atoms with E-state index in [-0.39, 0.29) is 0 Å². The Morgan fingerprint density at radius 3 is 2.17 bits per heavy atom. The van der Waals surface area contributed by atoms with E-state index in [2.05, 4.69) is 10.6 Å². The van der Waals surface area contributed by atoms with Crippen LogP contribution in [0.15, 0.2) is 54.6 Å². The van der Waals surface area contributed by atoms with Gasteiger partial charge in [0.15, 0.2) is 0 Å². The number of hydrogen-bond acceptors (Lipinski definition) is 4. The average molecular weight is 342 g/mol. The first-order valence-corrected chi connectivity index (χ1v) is 9.71. The van der Waals surface area contributed by atoms with E-state index in [1.54, 1.807) is 6.07 Å². The van der Waals surface area contributed by atoms with Crippen molar-refractivity contribution in [3.63, 3.8) is 0 Å². The van der Waals surface area contributed by atoms with E-state index in [9.17, 15) is 9.69 Å². The molecule has 0 aliphatic carbocycles. The van der Waals surface area contributed by atoms with E-state index >= 15 is 0 Å². The summed E-state index contributed by atoms with van der Waals surface area (Å²) in [5, 5.41) is 15.0. The molecule has 0 aliphatic heterocycles. The second kappa shape index (κ2) is 5.20. The van der Waals surface area contributed by atoms with Crippen LogP contribution in [0.2, 0.25) is 0 Å². The van der Waals surface area contributed by atoms with E-state index in [1.165, 1.54) is 6.66 Å². The number of rotatable bonds is 3. The Hall–Kier alpha value is -2.62. The number of hydrogen-bond donors (Lipinski definition) is 2. The van der Waals surface area contributed by atoms with Crippen LogP contribution in [0.25, 0.3) is 32.3 Å². The van der Waals surface area contributed by atoms with Gasteiger partial charge in [-0.25, -0.2) is 0 Å². The Bertz CT molecular complexity index is 1060. The molecule has 0 saturated heterocycles. The Balaban J connectivity index is 1.96. The van der Waals surface area contributed by atoms with Gasteiger partial charge in [-0.1, -0.05) is 0 Å². The van der Waals surface area contributed by atoms with E-state index in [1.807, 2.05) is 42.5 Å². The third-order valence-electron chi connectivity index (χ3n) is 4.06. The molecule has 6 heteroatoms. The van der Waals surface area contributed by atoms with Gasteiger partial charge in [0.05, 0.1) is 0 Å². The molecule has 4 rings (SSSR count). The molecule has 0 aromatic heterocycles. The third kappa shape index (κ3) is 2.39. The summed E-state index contributed by atoms with van der Waals surface area (Å²) in [4.78, 5) is 20.9. The van der Waals surface area contributed by atoms with E-state index in [4.69, 9.17) is 9.63 Å². The Morgan fingerprint density at radius 2 is 1.50 bits per heavy atom. The fourth-order valence-electron chi connectivity index (χ4n) is 3.18. The predicted octanol–water partition coefficient (Wildman–Crippen LogP) is 4.77. The van der Waals surface area contributed by atoms with Crippen molar-refractivity contribution in [2.45, 2.75) is 0 Å². The quantitative estimate of drug-likeness (QED) is 0.414. The molecule has 122 valence electrons. The van der Waals surface area contributed by atoms with Crippen molar-refractivity contribution in [3.8, 4) is 5.75 Å². The van der Waals surface area contributed by atoms with Crippen molar-refractivity contribution in [2.75, 3.05) is 6.66 Å². The molecular weight excluding hydrogens is 327 g/mol. The summed E-state index contributed by atoms with van der Waals surface area (Å²) in [6, 6.07) is 17.8. The number of carbonyl (C=O) groups is 1. The van der Waals surface area contributed by atoms with Gasteiger partial charge < -0.3 is 0 Å². The molecular formula is C18H15O5P. The first-order valence-electron chi connectivity index (χ1n) is 7.44. The Labute approximate surface area is 138 Å². The van der Waals surface area contributed by atoms with Crippen molar-refractivity contribution in [2.24, 2.45) is 0 Å². The van der Waals surface area contributed by atoms with Crippen molar-refractivity contribution in [3.05, 3.63) is 54.6 Å². The molecule has 0 unspecified atom stereocenters. The summed E-state index contributed by atoms with van der Waals surface area (Å²) < 4.78 is 10.1. The van der Waals surface area contributed by atoms with E-state index in [0.717, 1.165) is 32.3 Å². The minimum absolute atomic E-state index is 0.415. The van der Waals surface area contributed by atoms with Crippen LogP contribution in [0, 0.1) is 0 Å². The van der Waals surface area contributed by atoms with Crippen molar-refractivity contribution < 1.29 is 23.8 Å². The van der Waals surface area contributed by atoms with Gasteiger partial charge in [0.2, 0.25) is 0 Å². The Morgan fingerprint density at radius 1 is 0.917 bits per heavy atom. The van der Waals surface area contributed by atoms with Crippen LogP contribution in [-0.4, -0.2) is 22.8 Å². The molecule has 0 radical (unpaired) electrons. The fraction of sp³-hybridized carbons (Fsp3) is 0.0556. The minimum atomic E-state index is -3.82. The summed E-state index contributed by atoms with van der Waals surface area (Å²) in [5.41, 5.74) is 0. The second-order valence-corrected chi connectivity index (χ2v) is 7.99. The topological polar surface area (TPSA) is 76.0 Å². The SMILES string of the molecule is C[PH](O)(OC(=O)O)Oc1ccc2ccc3cccc4ccc1c2c34. The van der Waals surface area contributed by atoms with Gasteiger partial charge in [0, 0.05) is 0 Å². The average Bonchev–Trinajstić information content (AvgIpc) is 2.52. The summed E-state index contributed by atoms with van der Waals surface area (Å²) in [7, 11) is -3.82. The summed E-state index contributed by atoms with van der Waals surface area (Å²) in [5.74, 6) is 0.415. The first-order chi connectivity index (χ1) is 11.4. The van der Waals surface area contributed by atoms with Gasteiger partial charge in [0.1, 0.15) is 0 Å². The molecule has 0 spiro atoms. The molecule has 5 nitrogen and oxygen atoms in total. The van der Waals surface area contributed by atoms with Gasteiger partial charge >= 0.3 is 137 Å². The van der Waals surface area contributed by atoms with Gasteiger partial charge in [-0.3, -0.25) is 0 Å². The van der Waals surface area contributed by atoms with Gasteiger partial charge in [-0.05, 0) is 0 Å². The number of carboxylic acid groups (broad SMARTS) is 1. The zero-order valence-electron chi connectivity index (χ0n) is 12.8. The van der Waals surface area contributed by atoms with Crippen LogP contribution < -0.4 is 4.52 Å². The van der Waals surface area contributed by atoms with Crippen LogP contribution >= 0.6 is 7.94 Å². The molecule has 24 heavy (non-hydrogen) atoms. The molecule has 0 atom stereocenters.